The van der Waals surface area contributed by atoms with Crippen molar-refractivity contribution < 1.29 is 4.79 Å². The molecule has 0 atom stereocenters. The van der Waals surface area contributed by atoms with E-state index in [0.29, 0.717) is 4.88 Å². The van der Waals surface area contributed by atoms with Crippen LogP contribution in [-0.4, -0.2) is 33.5 Å². The quantitative estimate of drug-likeness (QED) is 0.849. The predicted molar refractivity (Wildman–Crippen MR) is 73.0 cm³/mol. The monoisotopic (exact) mass is 279 g/mol. The summed E-state index contributed by atoms with van der Waals surface area (Å²) >= 11 is 2.80. The highest BCUT2D eigenvalue weighted by Gasteiger charge is 2.24. The molecule has 2 aromatic rings. The molecule has 1 fully saturated rings. The van der Waals surface area contributed by atoms with E-state index in [0.717, 1.165) is 36.5 Å². The SMILES string of the molecule is O=C(c1snnc1-c1cccs1)N1CCCCC1. The number of thiophene rings is 1. The summed E-state index contributed by atoms with van der Waals surface area (Å²) in [6, 6.07) is 3.95. The summed E-state index contributed by atoms with van der Waals surface area (Å²) in [5, 5.41) is 6.10. The molecule has 0 unspecified atom stereocenters. The van der Waals surface area contributed by atoms with Gasteiger partial charge in [0.15, 0.2) is 0 Å². The lowest BCUT2D eigenvalue weighted by molar-refractivity contribution is 0.0730. The lowest BCUT2D eigenvalue weighted by Gasteiger charge is -2.26. The zero-order valence-corrected chi connectivity index (χ0v) is 11.5. The van der Waals surface area contributed by atoms with Crippen LogP contribution in [0.15, 0.2) is 17.5 Å². The van der Waals surface area contributed by atoms with E-state index in [1.165, 1.54) is 18.0 Å². The topological polar surface area (TPSA) is 46.1 Å². The molecule has 3 heterocycles. The Morgan fingerprint density at radius 2 is 2.11 bits per heavy atom. The second kappa shape index (κ2) is 5.16. The van der Waals surface area contributed by atoms with Gasteiger partial charge in [0.2, 0.25) is 0 Å². The fourth-order valence-electron chi connectivity index (χ4n) is 2.15. The van der Waals surface area contributed by atoms with Crippen molar-refractivity contribution >= 4 is 28.8 Å². The Balaban J connectivity index is 1.88. The van der Waals surface area contributed by atoms with Crippen molar-refractivity contribution in [3.8, 4) is 10.6 Å². The maximum Gasteiger partial charge on any atom is 0.267 e. The molecule has 2 aromatic heterocycles. The Morgan fingerprint density at radius 1 is 1.28 bits per heavy atom. The van der Waals surface area contributed by atoms with E-state index >= 15 is 0 Å². The number of carbonyl (C=O) groups excluding carboxylic acids is 1. The molecule has 6 heteroatoms. The minimum Gasteiger partial charge on any atom is -0.338 e. The summed E-state index contributed by atoms with van der Waals surface area (Å²) in [5.41, 5.74) is 0.741. The number of amides is 1. The summed E-state index contributed by atoms with van der Waals surface area (Å²) in [7, 11) is 0. The van der Waals surface area contributed by atoms with Gasteiger partial charge in [-0.1, -0.05) is 10.6 Å². The normalized spacial score (nSPS) is 15.9. The Bertz CT molecular complexity index is 529. The van der Waals surface area contributed by atoms with Gasteiger partial charge in [0.1, 0.15) is 10.6 Å². The van der Waals surface area contributed by atoms with Gasteiger partial charge < -0.3 is 4.90 Å². The van der Waals surface area contributed by atoms with E-state index < -0.39 is 0 Å². The molecular weight excluding hydrogens is 266 g/mol. The number of carbonyl (C=O) groups is 1. The minimum atomic E-state index is 0.0908. The lowest BCUT2D eigenvalue weighted by atomic mass is 10.1. The Morgan fingerprint density at radius 3 is 2.83 bits per heavy atom. The van der Waals surface area contributed by atoms with Gasteiger partial charge in [0.05, 0.1) is 4.88 Å². The van der Waals surface area contributed by atoms with Crippen molar-refractivity contribution in [1.82, 2.24) is 14.5 Å². The zero-order chi connectivity index (χ0) is 12.4. The maximum absolute atomic E-state index is 12.4. The first-order chi connectivity index (χ1) is 8.86. The van der Waals surface area contributed by atoms with Crippen LogP contribution in [0.25, 0.3) is 10.6 Å². The van der Waals surface area contributed by atoms with E-state index in [9.17, 15) is 4.79 Å². The van der Waals surface area contributed by atoms with Gasteiger partial charge in [-0.15, -0.1) is 16.4 Å². The van der Waals surface area contributed by atoms with Crippen molar-refractivity contribution in [2.75, 3.05) is 13.1 Å². The van der Waals surface area contributed by atoms with Gasteiger partial charge in [-0.25, -0.2) is 0 Å². The number of nitrogens with zero attached hydrogens (tertiary/aromatic N) is 3. The first-order valence-electron chi connectivity index (χ1n) is 6.02. The smallest absolute Gasteiger partial charge is 0.267 e. The van der Waals surface area contributed by atoms with E-state index in [4.69, 9.17) is 0 Å². The molecule has 94 valence electrons. The third kappa shape index (κ3) is 2.18. The van der Waals surface area contributed by atoms with Crippen LogP contribution >= 0.6 is 22.9 Å². The van der Waals surface area contributed by atoms with E-state index in [1.807, 2.05) is 22.4 Å². The van der Waals surface area contributed by atoms with Crippen LogP contribution in [0.4, 0.5) is 0 Å². The van der Waals surface area contributed by atoms with Crippen molar-refractivity contribution in [1.29, 1.82) is 0 Å². The molecule has 0 radical (unpaired) electrons. The van der Waals surface area contributed by atoms with Crippen molar-refractivity contribution in [2.24, 2.45) is 0 Å². The average Bonchev–Trinajstić information content (AvgIpc) is 3.09. The largest absolute Gasteiger partial charge is 0.338 e. The molecule has 0 spiro atoms. The van der Waals surface area contributed by atoms with Crippen LogP contribution in [0.5, 0.6) is 0 Å². The summed E-state index contributed by atoms with van der Waals surface area (Å²) in [4.78, 5) is 16.1. The summed E-state index contributed by atoms with van der Waals surface area (Å²) in [5.74, 6) is 0.0908. The van der Waals surface area contributed by atoms with E-state index in [-0.39, 0.29) is 5.91 Å². The molecule has 0 aromatic carbocycles. The second-order valence-electron chi connectivity index (χ2n) is 4.28. The van der Waals surface area contributed by atoms with Gasteiger partial charge in [-0.2, -0.15) is 0 Å². The zero-order valence-electron chi connectivity index (χ0n) is 9.83. The van der Waals surface area contributed by atoms with E-state index in [2.05, 4.69) is 9.59 Å². The molecule has 3 rings (SSSR count). The van der Waals surface area contributed by atoms with Crippen LogP contribution in [0, 0.1) is 0 Å². The van der Waals surface area contributed by atoms with Gasteiger partial charge in [0, 0.05) is 13.1 Å². The predicted octanol–water partition coefficient (Wildman–Crippen LogP) is 2.89. The lowest BCUT2D eigenvalue weighted by Crippen LogP contribution is -2.35. The molecule has 1 amide bonds. The average molecular weight is 279 g/mol. The first kappa shape index (κ1) is 11.8. The molecule has 1 saturated heterocycles. The van der Waals surface area contributed by atoms with Crippen LogP contribution in [-0.2, 0) is 0 Å². The Kier molecular flexibility index (Phi) is 3.38. The van der Waals surface area contributed by atoms with E-state index in [1.54, 1.807) is 11.3 Å². The highest BCUT2D eigenvalue weighted by atomic mass is 32.1. The van der Waals surface area contributed by atoms with Crippen molar-refractivity contribution in [2.45, 2.75) is 19.3 Å². The minimum absolute atomic E-state index is 0.0908. The summed E-state index contributed by atoms with van der Waals surface area (Å²) < 4.78 is 3.94. The molecule has 1 aliphatic heterocycles. The molecule has 0 N–H and O–H groups in total. The summed E-state index contributed by atoms with van der Waals surface area (Å²) in [6.45, 7) is 1.72. The molecule has 0 aliphatic carbocycles. The number of hydrogen-bond acceptors (Lipinski definition) is 5. The molecule has 1 aliphatic rings. The Hall–Kier alpha value is -1.27. The third-order valence-electron chi connectivity index (χ3n) is 3.08. The van der Waals surface area contributed by atoms with Crippen LogP contribution in [0.2, 0.25) is 0 Å². The van der Waals surface area contributed by atoms with Gasteiger partial charge in [-0.05, 0) is 42.2 Å². The van der Waals surface area contributed by atoms with Gasteiger partial charge in [0.25, 0.3) is 5.91 Å². The molecule has 0 bridgehead atoms. The second-order valence-corrected chi connectivity index (χ2v) is 5.98. The number of piperidine rings is 1. The third-order valence-corrected chi connectivity index (χ3v) is 4.67. The molecule has 4 nitrogen and oxygen atoms in total. The highest BCUT2D eigenvalue weighted by molar-refractivity contribution is 7.14. The fraction of sp³-hybridized carbons (Fsp3) is 0.417. The van der Waals surface area contributed by atoms with Crippen molar-refractivity contribution in [3.63, 3.8) is 0 Å². The van der Waals surface area contributed by atoms with Crippen molar-refractivity contribution in [3.05, 3.63) is 22.4 Å². The highest BCUT2D eigenvalue weighted by Crippen LogP contribution is 2.29. The molecule has 18 heavy (non-hydrogen) atoms. The molecular formula is C12H13N3OS2. The number of rotatable bonds is 2. The maximum atomic E-state index is 12.4. The number of hydrogen-bond donors (Lipinski definition) is 0. The standard InChI is InChI=1S/C12H13N3OS2/c16-12(15-6-2-1-3-7-15)11-10(13-14-18-11)9-5-4-8-17-9/h4-5,8H,1-3,6-7H2. The number of likely N-dealkylation sites (tertiary alicyclic amines) is 1. The number of aromatic nitrogens is 2. The van der Waals surface area contributed by atoms with Crippen LogP contribution < -0.4 is 0 Å². The van der Waals surface area contributed by atoms with Crippen LogP contribution in [0.3, 0.4) is 0 Å². The van der Waals surface area contributed by atoms with Crippen LogP contribution in [0.1, 0.15) is 28.9 Å². The Labute approximate surface area is 113 Å². The van der Waals surface area contributed by atoms with Gasteiger partial charge in [-0.3, -0.25) is 4.79 Å². The molecule has 0 saturated carbocycles. The summed E-state index contributed by atoms with van der Waals surface area (Å²) in [6.07, 6.45) is 3.43. The fourth-order valence-corrected chi connectivity index (χ4v) is 3.57. The first-order valence-corrected chi connectivity index (χ1v) is 7.67. The van der Waals surface area contributed by atoms with Gasteiger partial charge >= 0.3 is 0 Å².